The molecule has 0 heterocycles. The van der Waals surface area contributed by atoms with Crippen LogP contribution in [-0.4, -0.2) is 35.5 Å². The topological polar surface area (TPSA) is 66.6 Å². The second-order valence-electron chi connectivity index (χ2n) is 7.88. The highest BCUT2D eigenvalue weighted by Gasteiger charge is 2.21. The largest absolute Gasteiger partial charge is 0.508 e. The molecule has 4 heteroatoms. The summed E-state index contributed by atoms with van der Waals surface area (Å²) in [6, 6.07) is 28.0. The number of aromatic hydroxyl groups is 1. The number of amides is 1. The predicted octanol–water partition coefficient (Wildman–Crippen LogP) is 4.72. The van der Waals surface area contributed by atoms with Gasteiger partial charge >= 0.3 is 0 Å². The average molecular weight is 417 g/mol. The molecular weight excluding hydrogens is 384 g/mol. The quantitative estimate of drug-likeness (QED) is 0.444. The SMILES string of the molecule is NCCCCC(=O)N(CCc1ccc(O)cc1)CC(c1ccccc1)c1ccccc1. The maximum absolute atomic E-state index is 13.1. The molecule has 0 spiro atoms. The third-order valence-corrected chi connectivity index (χ3v) is 5.61. The van der Waals surface area contributed by atoms with Crippen molar-refractivity contribution < 1.29 is 9.90 Å². The zero-order chi connectivity index (χ0) is 21.9. The lowest BCUT2D eigenvalue weighted by atomic mass is 9.90. The van der Waals surface area contributed by atoms with E-state index >= 15 is 0 Å². The standard InChI is InChI=1S/C27H32N2O2/c28-19-8-7-13-27(31)29(20-18-22-14-16-25(30)17-15-22)21-26(23-9-3-1-4-10-23)24-11-5-2-6-12-24/h1-6,9-12,14-17,26,30H,7-8,13,18-21,28H2. The van der Waals surface area contributed by atoms with Gasteiger partial charge in [-0.1, -0.05) is 72.8 Å². The van der Waals surface area contributed by atoms with Crippen molar-refractivity contribution in [3.8, 4) is 5.75 Å². The molecule has 4 nitrogen and oxygen atoms in total. The molecule has 0 radical (unpaired) electrons. The summed E-state index contributed by atoms with van der Waals surface area (Å²) in [6.07, 6.45) is 2.94. The molecule has 0 bridgehead atoms. The number of rotatable bonds is 11. The number of carbonyl (C=O) groups excluding carboxylic acids is 1. The molecular formula is C27H32N2O2. The molecule has 0 saturated heterocycles. The first-order chi connectivity index (χ1) is 15.2. The Morgan fingerprint density at radius 2 is 1.42 bits per heavy atom. The Bertz CT molecular complexity index is 871. The van der Waals surface area contributed by atoms with Crippen LogP contribution >= 0.6 is 0 Å². The molecule has 3 N–H and O–H groups in total. The van der Waals surface area contributed by atoms with E-state index in [0.29, 0.717) is 26.1 Å². The number of phenolic OH excluding ortho intramolecular Hbond substituents is 1. The summed E-state index contributed by atoms with van der Waals surface area (Å²) < 4.78 is 0. The first-order valence-corrected chi connectivity index (χ1v) is 11.0. The number of nitrogens with zero attached hydrogens (tertiary/aromatic N) is 1. The van der Waals surface area contributed by atoms with Crippen molar-refractivity contribution in [2.75, 3.05) is 19.6 Å². The van der Waals surface area contributed by atoms with E-state index in [2.05, 4.69) is 48.5 Å². The number of phenols is 1. The van der Waals surface area contributed by atoms with Crippen LogP contribution in [-0.2, 0) is 11.2 Å². The lowest BCUT2D eigenvalue weighted by Crippen LogP contribution is -2.36. The van der Waals surface area contributed by atoms with Crippen molar-refractivity contribution in [3.63, 3.8) is 0 Å². The van der Waals surface area contributed by atoms with E-state index in [1.54, 1.807) is 12.1 Å². The van der Waals surface area contributed by atoms with Crippen LogP contribution < -0.4 is 5.73 Å². The van der Waals surface area contributed by atoms with Gasteiger partial charge in [0, 0.05) is 25.4 Å². The van der Waals surface area contributed by atoms with Gasteiger partial charge in [-0.3, -0.25) is 4.79 Å². The molecule has 1 amide bonds. The molecule has 0 aliphatic heterocycles. The van der Waals surface area contributed by atoms with E-state index in [4.69, 9.17) is 5.73 Å². The van der Waals surface area contributed by atoms with Gasteiger partial charge in [0.25, 0.3) is 0 Å². The molecule has 0 aliphatic carbocycles. The predicted molar refractivity (Wildman–Crippen MR) is 126 cm³/mol. The molecule has 0 fully saturated rings. The first kappa shape index (κ1) is 22.6. The Morgan fingerprint density at radius 3 is 1.97 bits per heavy atom. The minimum atomic E-state index is 0.112. The van der Waals surface area contributed by atoms with Crippen LogP contribution in [0.5, 0.6) is 5.75 Å². The molecule has 162 valence electrons. The minimum Gasteiger partial charge on any atom is -0.508 e. The van der Waals surface area contributed by atoms with Crippen molar-refractivity contribution in [1.29, 1.82) is 0 Å². The highest BCUT2D eigenvalue weighted by molar-refractivity contribution is 5.76. The molecule has 3 aromatic rings. The van der Waals surface area contributed by atoms with E-state index in [-0.39, 0.29) is 17.6 Å². The van der Waals surface area contributed by atoms with E-state index < -0.39 is 0 Å². The van der Waals surface area contributed by atoms with Crippen molar-refractivity contribution in [2.45, 2.75) is 31.6 Å². The fourth-order valence-electron chi connectivity index (χ4n) is 3.82. The Kier molecular flexibility index (Phi) is 8.68. The minimum absolute atomic E-state index is 0.112. The van der Waals surface area contributed by atoms with Crippen molar-refractivity contribution >= 4 is 5.91 Å². The fourth-order valence-corrected chi connectivity index (χ4v) is 3.82. The smallest absolute Gasteiger partial charge is 0.222 e. The highest BCUT2D eigenvalue weighted by Crippen LogP contribution is 2.26. The first-order valence-electron chi connectivity index (χ1n) is 11.0. The number of nitrogens with two attached hydrogens (primary N) is 1. The molecule has 3 rings (SSSR count). The van der Waals surface area contributed by atoms with Gasteiger partial charge in [-0.05, 0) is 54.6 Å². The number of hydrogen-bond donors (Lipinski definition) is 2. The van der Waals surface area contributed by atoms with Crippen LogP contribution in [0.4, 0.5) is 0 Å². The van der Waals surface area contributed by atoms with Gasteiger partial charge in [0.05, 0.1) is 0 Å². The fraction of sp³-hybridized carbons (Fsp3) is 0.296. The monoisotopic (exact) mass is 416 g/mol. The molecule has 0 aliphatic rings. The highest BCUT2D eigenvalue weighted by atomic mass is 16.3. The summed E-state index contributed by atoms with van der Waals surface area (Å²) in [6.45, 7) is 1.88. The number of carbonyl (C=O) groups is 1. The van der Waals surface area contributed by atoms with Crippen LogP contribution in [0.3, 0.4) is 0 Å². The van der Waals surface area contributed by atoms with Crippen LogP contribution in [0, 0.1) is 0 Å². The van der Waals surface area contributed by atoms with E-state index in [9.17, 15) is 9.90 Å². The van der Waals surface area contributed by atoms with E-state index in [0.717, 1.165) is 24.8 Å². The molecule has 0 saturated carbocycles. The van der Waals surface area contributed by atoms with Gasteiger partial charge in [-0.15, -0.1) is 0 Å². The van der Waals surface area contributed by atoms with Gasteiger partial charge in [-0.25, -0.2) is 0 Å². The van der Waals surface area contributed by atoms with E-state index in [1.165, 1.54) is 11.1 Å². The molecule has 0 unspecified atom stereocenters. The molecule has 3 aromatic carbocycles. The maximum atomic E-state index is 13.1. The summed E-state index contributed by atoms with van der Waals surface area (Å²) in [5, 5.41) is 9.54. The Morgan fingerprint density at radius 1 is 0.839 bits per heavy atom. The summed E-state index contributed by atoms with van der Waals surface area (Å²) in [4.78, 5) is 15.1. The third kappa shape index (κ3) is 6.97. The van der Waals surface area contributed by atoms with Crippen molar-refractivity contribution in [3.05, 3.63) is 102 Å². The Balaban J connectivity index is 1.81. The normalized spacial score (nSPS) is 10.9. The second-order valence-corrected chi connectivity index (χ2v) is 7.88. The Labute approximate surface area is 185 Å². The van der Waals surface area contributed by atoms with E-state index in [1.807, 2.05) is 29.2 Å². The number of hydrogen-bond acceptors (Lipinski definition) is 3. The number of benzene rings is 3. The van der Waals surface area contributed by atoms with Gasteiger partial charge in [0.15, 0.2) is 0 Å². The maximum Gasteiger partial charge on any atom is 0.222 e. The third-order valence-electron chi connectivity index (χ3n) is 5.61. The van der Waals surface area contributed by atoms with Gasteiger partial charge in [0.1, 0.15) is 5.75 Å². The van der Waals surface area contributed by atoms with Crippen LogP contribution in [0.25, 0.3) is 0 Å². The molecule has 31 heavy (non-hydrogen) atoms. The zero-order valence-corrected chi connectivity index (χ0v) is 18.0. The lowest BCUT2D eigenvalue weighted by molar-refractivity contribution is -0.131. The molecule has 0 atom stereocenters. The van der Waals surface area contributed by atoms with Crippen molar-refractivity contribution in [2.24, 2.45) is 5.73 Å². The summed E-state index contributed by atoms with van der Waals surface area (Å²) in [5.74, 6) is 0.538. The molecule has 0 aromatic heterocycles. The second kappa shape index (κ2) is 11.9. The Hall–Kier alpha value is -3.11. The van der Waals surface area contributed by atoms with Gasteiger partial charge in [0.2, 0.25) is 5.91 Å². The summed E-state index contributed by atoms with van der Waals surface area (Å²) in [7, 11) is 0. The van der Waals surface area contributed by atoms with Crippen LogP contribution in [0.1, 0.15) is 41.9 Å². The van der Waals surface area contributed by atoms with Gasteiger partial charge in [-0.2, -0.15) is 0 Å². The van der Waals surface area contributed by atoms with Crippen molar-refractivity contribution in [1.82, 2.24) is 4.90 Å². The number of unbranched alkanes of at least 4 members (excludes halogenated alkanes) is 1. The summed E-state index contributed by atoms with van der Waals surface area (Å²) >= 11 is 0. The van der Waals surface area contributed by atoms with Crippen LogP contribution in [0.2, 0.25) is 0 Å². The lowest BCUT2D eigenvalue weighted by Gasteiger charge is -2.29. The summed E-state index contributed by atoms with van der Waals surface area (Å²) in [5.41, 5.74) is 9.14. The zero-order valence-electron chi connectivity index (χ0n) is 18.0. The van der Waals surface area contributed by atoms with Crippen LogP contribution in [0.15, 0.2) is 84.9 Å². The average Bonchev–Trinajstić information content (AvgIpc) is 2.81. The van der Waals surface area contributed by atoms with Gasteiger partial charge < -0.3 is 15.7 Å².